The van der Waals surface area contributed by atoms with Gasteiger partial charge >= 0.3 is 6.09 Å². The molecule has 5 nitrogen and oxygen atoms in total. The highest BCUT2D eigenvalue weighted by Gasteiger charge is 2.27. The number of piperidine rings is 1. The molecule has 0 saturated carbocycles. The fourth-order valence-electron chi connectivity index (χ4n) is 2.33. The Morgan fingerprint density at radius 1 is 1.27 bits per heavy atom. The standard InChI is InChI=1S/C16H23FN2O3/c1-16(2,3)22-15(20)19-6-4-13(5-7-19)21-14-9-11(17)8-12(18)10-14/h8-10,13H,4-7,18H2,1-3H3. The van der Waals surface area contributed by atoms with Gasteiger partial charge in [-0.2, -0.15) is 0 Å². The van der Waals surface area contributed by atoms with Crippen molar-refractivity contribution in [3.63, 3.8) is 0 Å². The lowest BCUT2D eigenvalue weighted by Gasteiger charge is -2.33. The number of carbonyl (C=O) groups is 1. The molecule has 2 N–H and O–H groups in total. The summed E-state index contributed by atoms with van der Waals surface area (Å²) in [4.78, 5) is 13.6. The van der Waals surface area contributed by atoms with Crippen LogP contribution in [0.15, 0.2) is 18.2 Å². The summed E-state index contributed by atoms with van der Waals surface area (Å²) in [5.74, 6) is 0.00871. The van der Waals surface area contributed by atoms with Gasteiger partial charge in [0.05, 0.1) is 0 Å². The first-order valence-electron chi connectivity index (χ1n) is 7.43. The van der Waals surface area contributed by atoms with E-state index in [1.54, 1.807) is 11.0 Å². The van der Waals surface area contributed by atoms with E-state index in [0.29, 0.717) is 37.4 Å². The second kappa shape index (κ2) is 6.42. The number of nitrogens with two attached hydrogens (primary N) is 1. The molecule has 0 aliphatic carbocycles. The molecule has 0 radical (unpaired) electrons. The van der Waals surface area contributed by atoms with Crippen LogP contribution in [0.25, 0.3) is 0 Å². The van der Waals surface area contributed by atoms with E-state index in [1.165, 1.54) is 12.1 Å². The summed E-state index contributed by atoms with van der Waals surface area (Å²) in [6.45, 7) is 6.65. The predicted octanol–water partition coefficient (Wildman–Crippen LogP) is 3.19. The van der Waals surface area contributed by atoms with Gasteiger partial charge < -0.3 is 20.1 Å². The number of halogens is 1. The molecule has 1 aromatic carbocycles. The summed E-state index contributed by atoms with van der Waals surface area (Å²) in [5, 5.41) is 0. The normalized spacial score (nSPS) is 16.5. The average Bonchev–Trinajstić information content (AvgIpc) is 2.36. The molecule has 0 bridgehead atoms. The highest BCUT2D eigenvalue weighted by Crippen LogP contribution is 2.23. The molecular formula is C16H23FN2O3. The van der Waals surface area contributed by atoms with E-state index < -0.39 is 11.4 Å². The SMILES string of the molecule is CC(C)(C)OC(=O)N1CCC(Oc2cc(N)cc(F)c2)CC1. The second-order valence-electron chi connectivity index (χ2n) is 6.50. The number of rotatable bonds is 2. The third-order valence-corrected chi connectivity index (χ3v) is 3.29. The molecule has 22 heavy (non-hydrogen) atoms. The van der Waals surface area contributed by atoms with E-state index in [2.05, 4.69) is 0 Å². The Kier molecular flexibility index (Phi) is 4.78. The van der Waals surface area contributed by atoms with Gasteiger partial charge in [-0.25, -0.2) is 9.18 Å². The van der Waals surface area contributed by atoms with Crippen LogP contribution in [0, 0.1) is 5.82 Å². The topological polar surface area (TPSA) is 64.8 Å². The zero-order valence-corrected chi connectivity index (χ0v) is 13.3. The molecule has 6 heteroatoms. The van der Waals surface area contributed by atoms with Crippen molar-refractivity contribution in [2.75, 3.05) is 18.8 Å². The summed E-state index contributed by atoms with van der Waals surface area (Å²) >= 11 is 0. The van der Waals surface area contributed by atoms with Crippen LogP contribution < -0.4 is 10.5 Å². The molecule has 0 aromatic heterocycles. The maximum Gasteiger partial charge on any atom is 0.410 e. The Balaban J connectivity index is 1.86. The van der Waals surface area contributed by atoms with Gasteiger partial charge in [0.1, 0.15) is 23.3 Å². The Labute approximate surface area is 130 Å². The third-order valence-electron chi connectivity index (χ3n) is 3.29. The first-order valence-corrected chi connectivity index (χ1v) is 7.43. The van der Waals surface area contributed by atoms with Crippen LogP contribution >= 0.6 is 0 Å². The molecule has 1 aliphatic heterocycles. The molecule has 1 heterocycles. The lowest BCUT2D eigenvalue weighted by molar-refractivity contribution is 0.0126. The van der Waals surface area contributed by atoms with Crippen LogP contribution in [-0.4, -0.2) is 35.8 Å². The van der Waals surface area contributed by atoms with E-state index in [-0.39, 0.29) is 12.2 Å². The largest absolute Gasteiger partial charge is 0.490 e. The van der Waals surface area contributed by atoms with Gasteiger partial charge in [0.15, 0.2) is 0 Å². The predicted molar refractivity (Wildman–Crippen MR) is 82.3 cm³/mol. The van der Waals surface area contributed by atoms with E-state index in [9.17, 15) is 9.18 Å². The second-order valence-corrected chi connectivity index (χ2v) is 6.50. The Bertz CT molecular complexity index is 514. The highest BCUT2D eigenvalue weighted by atomic mass is 19.1. The van der Waals surface area contributed by atoms with Gasteiger partial charge in [-0.3, -0.25) is 0 Å². The fourth-order valence-corrected chi connectivity index (χ4v) is 2.33. The number of benzene rings is 1. The first kappa shape index (κ1) is 16.4. The Morgan fingerprint density at radius 2 is 1.91 bits per heavy atom. The zero-order chi connectivity index (χ0) is 16.3. The van der Waals surface area contributed by atoms with Gasteiger partial charge in [0, 0.05) is 43.8 Å². The Hall–Kier alpha value is -1.98. The van der Waals surface area contributed by atoms with E-state index in [1.807, 2.05) is 20.8 Å². The van der Waals surface area contributed by atoms with E-state index >= 15 is 0 Å². The molecule has 1 aromatic rings. The van der Waals surface area contributed by atoms with Crippen LogP contribution in [0.3, 0.4) is 0 Å². The van der Waals surface area contributed by atoms with Crippen LogP contribution in [0.1, 0.15) is 33.6 Å². The summed E-state index contributed by atoms with van der Waals surface area (Å²) in [7, 11) is 0. The lowest BCUT2D eigenvalue weighted by Crippen LogP contribution is -2.44. The van der Waals surface area contributed by atoms with Gasteiger partial charge in [-0.1, -0.05) is 0 Å². The summed E-state index contributed by atoms with van der Waals surface area (Å²) < 4.78 is 24.4. The minimum Gasteiger partial charge on any atom is -0.490 e. The molecule has 122 valence electrons. The van der Waals surface area contributed by atoms with Gasteiger partial charge in [0.2, 0.25) is 0 Å². The van der Waals surface area contributed by atoms with Crippen molar-refractivity contribution >= 4 is 11.8 Å². The smallest absolute Gasteiger partial charge is 0.410 e. The first-order chi connectivity index (χ1) is 10.2. The van der Waals surface area contributed by atoms with Crippen molar-refractivity contribution in [1.29, 1.82) is 0 Å². The number of nitrogen functional groups attached to an aromatic ring is 1. The van der Waals surface area contributed by atoms with Crippen molar-refractivity contribution in [3.8, 4) is 5.75 Å². The summed E-state index contributed by atoms with van der Waals surface area (Å²) in [5.41, 5.74) is 5.43. The molecule has 0 spiro atoms. The van der Waals surface area contributed by atoms with Gasteiger partial charge in [-0.05, 0) is 26.8 Å². The molecule has 0 atom stereocenters. The molecule has 1 fully saturated rings. The van der Waals surface area contributed by atoms with Gasteiger partial charge in [-0.15, -0.1) is 0 Å². The van der Waals surface area contributed by atoms with Crippen molar-refractivity contribution in [2.24, 2.45) is 0 Å². The minimum atomic E-state index is -0.497. The zero-order valence-electron chi connectivity index (χ0n) is 13.3. The number of ether oxygens (including phenoxy) is 2. The highest BCUT2D eigenvalue weighted by molar-refractivity contribution is 5.68. The van der Waals surface area contributed by atoms with Gasteiger partial charge in [0.25, 0.3) is 0 Å². The van der Waals surface area contributed by atoms with Crippen LogP contribution in [0.5, 0.6) is 5.75 Å². The number of hydrogen-bond donors (Lipinski definition) is 1. The van der Waals surface area contributed by atoms with Crippen molar-refractivity contribution < 1.29 is 18.7 Å². The number of likely N-dealkylation sites (tertiary alicyclic amines) is 1. The molecule has 0 unspecified atom stereocenters. The van der Waals surface area contributed by atoms with Crippen molar-refractivity contribution in [3.05, 3.63) is 24.0 Å². The average molecular weight is 310 g/mol. The maximum atomic E-state index is 13.3. The van der Waals surface area contributed by atoms with E-state index in [0.717, 1.165) is 0 Å². The fraction of sp³-hybridized carbons (Fsp3) is 0.562. The molecule has 1 aliphatic rings. The number of anilines is 1. The van der Waals surface area contributed by atoms with Crippen LogP contribution in [0.4, 0.5) is 14.9 Å². The van der Waals surface area contributed by atoms with Crippen molar-refractivity contribution in [1.82, 2.24) is 4.90 Å². The molecular weight excluding hydrogens is 287 g/mol. The summed E-state index contributed by atoms with van der Waals surface area (Å²) in [6, 6.07) is 4.16. The lowest BCUT2D eigenvalue weighted by atomic mass is 10.1. The monoisotopic (exact) mass is 310 g/mol. The molecule has 1 amide bonds. The van der Waals surface area contributed by atoms with Crippen molar-refractivity contribution in [2.45, 2.75) is 45.3 Å². The summed E-state index contributed by atoms with van der Waals surface area (Å²) in [6.07, 6.45) is 0.992. The number of hydrogen-bond acceptors (Lipinski definition) is 4. The number of carbonyl (C=O) groups excluding carboxylic acids is 1. The quantitative estimate of drug-likeness (QED) is 0.852. The Morgan fingerprint density at radius 3 is 2.45 bits per heavy atom. The molecule has 1 saturated heterocycles. The van der Waals surface area contributed by atoms with E-state index in [4.69, 9.17) is 15.2 Å². The van der Waals surface area contributed by atoms with Crippen LogP contribution in [0.2, 0.25) is 0 Å². The minimum absolute atomic E-state index is 0.0557. The third kappa shape index (κ3) is 4.79. The maximum absolute atomic E-state index is 13.3. The van der Waals surface area contributed by atoms with Crippen LogP contribution in [-0.2, 0) is 4.74 Å². The number of nitrogens with zero attached hydrogens (tertiary/aromatic N) is 1. The molecule has 2 rings (SSSR count). The number of amides is 1.